The number of imide groups is 1. The fourth-order valence-electron chi connectivity index (χ4n) is 1.23. The number of urea groups is 2. The second-order valence-electron chi connectivity index (χ2n) is 4.11. The van der Waals surface area contributed by atoms with Crippen LogP contribution in [0.5, 0.6) is 0 Å². The summed E-state index contributed by atoms with van der Waals surface area (Å²) >= 11 is 0. The van der Waals surface area contributed by atoms with Gasteiger partial charge in [0.2, 0.25) is 0 Å². The number of carbonyl (C=O) groups is 2. The van der Waals surface area contributed by atoms with Crippen molar-refractivity contribution in [2.24, 2.45) is 0 Å². The number of hydrogen-bond donors (Lipinski definition) is 2. The molecular weight excluding hydrogens is 230 g/mol. The summed E-state index contributed by atoms with van der Waals surface area (Å²) in [6.45, 7) is 3.86. The molecule has 0 aromatic heterocycles. The quantitative estimate of drug-likeness (QED) is 0.865. The molecule has 1 rings (SSSR count). The zero-order valence-corrected chi connectivity index (χ0v) is 10.9. The van der Waals surface area contributed by atoms with Crippen LogP contribution in [0.25, 0.3) is 0 Å². The van der Waals surface area contributed by atoms with Crippen molar-refractivity contribution >= 4 is 17.7 Å². The third-order valence-electron chi connectivity index (χ3n) is 2.62. The maximum Gasteiger partial charge on any atom is 0.329 e. The summed E-state index contributed by atoms with van der Waals surface area (Å²) in [6.07, 6.45) is 0.819. The maximum absolute atomic E-state index is 11.8. The Morgan fingerprint density at radius 3 is 2.39 bits per heavy atom. The number of hydrogen-bond acceptors (Lipinski definition) is 2. The molecule has 0 spiro atoms. The molecule has 0 aliphatic heterocycles. The van der Waals surface area contributed by atoms with Gasteiger partial charge in [0.1, 0.15) is 0 Å². The number of para-hydroxylation sites is 1. The van der Waals surface area contributed by atoms with Gasteiger partial charge in [-0.05, 0) is 25.5 Å². The third kappa shape index (κ3) is 4.08. The number of nitrogens with one attached hydrogen (secondary N) is 2. The minimum absolute atomic E-state index is 0.0458. The zero-order valence-electron chi connectivity index (χ0n) is 10.9. The van der Waals surface area contributed by atoms with Crippen molar-refractivity contribution in [1.82, 2.24) is 10.2 Å². The van der Waals surface area contributed by atoms with Crippen molar-refractivity contribution in [2.75, 3.05) is 12.4 Å². The van der Waals surface area contributed by atoms with Gasteiger partial charge >= 0.3 is 12.1 Å². The maximum atomic E-state index is 11.8. The van der Waals surface area contributed by atoms with Gasteiger partial charge in [0.25, 0.3) is 0 Å². The molecular formula is C13H19N3O2. The molecule has 5 heteroatoms. The number of amides is 4. The van der Waals surface area contributed by atoms with E-state index in [-0.39, 0.29) is 6.04 Å². The lowest BCUT2D eigenvalue weighted by molar-refractivity contribution is 0.199. The number of carbonyl (C=O) groups excluding carboxylic acids is 2. The molecule has 1 aromatic rings. The first-order valence-corrected chi connectivity index (χ1v) is 5.94. The topological polar surface area (TPSA) is 61.4 Å². The van der Waals surface area contributed by atoms with Gasteiger partial charge in [-0.25, -0.2) is 14.5 Å². The number of rotatable bonds is 3. The fraction of sp³-hybridized carbons (Fsp3) is 0.385. The third-order valence-corrected chi connectivity index (χ3v) is 2.62. The van der Waals surface area contributed by atoms with E-state index in [1.807, 2.05) is 32.0 Å². The summed E-state index contributed by atoms with van der Waals surface area (Å²) in [5.41, 5.74) is 0.658. The lowest BCUT2D eigenvalue weighted by Crippen LogP contribution is -2.46. The van der Waals surface area contributed by atoms with Crippen molar-refractivity contribution in [3.05, 3.63) is 30.3 Å². The molecule has 0 radical (unpaired) electrons. The van der Waals surface area contributed by atoms with Gasteiger partial charge in [-0.15, -0.1) is 0 Å². The zero-order chi connectivity index (χ0) is 13.5. The molecule has 1 unspecified atom stereocenters. The largest absolute Gasteiger partial charge is 0.335 e. The Balaban J connectivity index is 2.54. The molecule has 0 saturated carbocycles. The standard InChI is InChI=1S/C13H19N3O2/c1-4-10(2)14-12(17)16(3)13(18)15-11-8-6-5-7-9-11/h5-10H,4H2,1-3H3,(H,14,17)(H,15,18). The Morgan fingerprint density at radius 1 is 1.22 bits per heavy atom. The van der Waals surface area contributed by atoms with Crippen molar-refractivity contribution in [3.8, 4) is 0 Å². The van der Waals surface area contributed by atoms with Crippen LogP contribution in [0.3, 0.4) is 0 Å². The highest BCUT2D eigenvalue weighted by Crippen LogP contribution is 2.06. The molecule has 2 N–H and O–H groups in total. The van der Waals surface area contributed by atoms with Gasteiger partial charge in [0, 0.05) is 18.8 Å². The monoisotopic (exact) mass is 249 g/mol. The molecule has 0 fully saturated rings. The molecule has 0 aliphatic rings. The van der Waals surface area contributed by atoms with E-state index in [4.69, 9.17) is 0 Å². The Bertz CT molecular complexity index is 406. The minimum Gasteiger partial charge on any atom is -0.335 e. The van der Waals surface area contributed by atoms with Crippen molar-refractivity contribution in [3.63, 3.8) is 0 Å². The van der Waals surface area contributed by atoms with Gasteiger partial charge in [-0.2, -0.15) is 0 Å². The van der Waals surface area contributed by atoms with E-state index in [2.05, 4.69) is 10.6 Å². The molecule has 98 valence electrons. The van der Waals surface area contributed by atoms with Crippen molar-refractivity contribution in [1.29, 1.82) is 0 Å². The van der Waals surface area contributed by atoms with E-state index in [0.717, 1.165) is 11.3 Å². The molecule has 5 nitrogen and oxygen atoms in total. The smallest absolute Gasteiger partial charge is 0.329 e. The van der Waals surface area contributed by atoms with E-state index in [9.17, 15) is 9.59 Å². The van der Waals surface area contributed by atoms with Crippen LogP contribution in [0.1, 0.15) is 20.3 Å². The van der Waals surface area contributed by atoms with Gasteiger partial charge < -0.3 is 10.6 Å². The molecule has 1 atom stereocenters. The summed E-state index contributed by atoms with van der Waals surface area (Å²) in [6, 6.07) is 8.19. The highest BCUT2D eigenvalue weighted by atomic mass is 16.2. The van der Waals surface area contributed by atoms with Gasteiger partial charge in [-0.3, -0.25) is 0 Å². The predicted octanol–water partition coefficient (Wildman–Crippen LogP) is 2.66. The first kappa shape index (κ1) is 14.0. The Labute approximate surface area is 107 Å². The van der Waals surface area contributed by atoms with E-state index < -0.39 is 12.1 Å². The SMILES string of the molecule is CCC(C)NC(=O)N(C)C(=O)Nc1ccccc1. The summed E-state index contributed by atoms with van der Waals surface area (Å²) < 4.78 is 0. The predicted molar refractivity (Wildman–Crippen MR) is 71.5 cm³/mol. The van der Waals surface area contributed by atoms with E-state index in [1.165, 1.54) is 7.05 Å². The molecule has 0 aliphatic carbocycles. The number of benzene rings is 1. The minimum atomic E-state index is -0.456. The second kappa shape index (κ2) is 6.64. The van der Waals surface area contributed by atoms with Crippen LogP contribution in [0, 0.1) is 0 Å². The lowest BCUT2D eigenvalue weighted by atomic mass is 10.3. The van der Waals surface area contributed by atoms with Crippen LogP contribution >= 0.6 is 0 Å². The van der Waals surface area contributed by atoms with Crippen molar-refractivity contribution < 1.29 is 9.59 Å². The average Bonchev–Trinajstić information content (AvgIpc) is 2.38. The van der Waals surface area contributed by atoms with E-state index in [1.54, 1.807) is 12.1 Å². The molecule has 0 bridgehead atoms. The van der Waals surface area contributed by atoms with Gasteiger partial charge in [0.15, 0.2) is 0 Å². The van der Waals surface area contributed by atoms with E-state index >= 15 is 0 Å². The van der Waals surface area contributed by atoms with Crippen LogP contribution in [0.4, 0.5) is 15.3 Å². The lowest BCUT2D eigenvalue weighted by Gasteiger charge is -2.19. The molecule has 1 aromatic carbocycles. The summed E-state index contributed by atoms with van der Waals surface area (Å²) in [5, 5.41) is 5.36. The summed E-state index contributed by atoms with van der Waals surface area (Å²) in [4.78, 5) is 24.5. The normalized spacial score (nSPS) is 11.5. The highest BCUT2D eigenvalue weighted by Gasteiger charge is 2.17. The highest BCUT2D eigenvalue weighted by molar-refractivity contribution is 6.00. The Kier molecular flexibility index (Phi) is 5.17. The molecule has 0 saturated heterocycles. The fourth-order valence-corrected chi connectivity index (χ4v) is 1.23. The average molecular weight is 249 g/mol. The second-order valence-corrected chi connectivity index (χ2v) is 4.11. The van der Waals surface area contributed by atoms with E-state index in [0.29, 0.717) is 5.69 Å². The van der Waals surface area contributed by atoms with Gasteiger partial charge in [-0.1, -0.05) is 25.1 Å². The van der Waals surface area contributed by atoms with Crippen LogP contribution < -0.4 is 10.6 Å². The molecule has 0 heterocycles. The summed E-state index contributed by atoms with van der Waals surface area (Å²) in [7, 11) is 1.44. The van der Waals surface area contributed by atoms with Crippen LogP contribution in [-0.2, 0) is 0 Å². The molecule has 18 heavy (non-hydrogen) atoms. The number of anilines is 1. The van der Waals surface area contributed by atoms with Crippen LogP contribution in [0.2, 0.25) is 0 Å². The van der Waals surface area contributed by atoms with Gasteiger partial charge in [0.05, 0.1) is 0 Å². The summed E-state index contributed by atoms with van der Waals surface area (Å²) in [5.74, 6) is 0. The van der Waals surface area contributed by atoms with Crippen molar-refractivity contribution in [2.45, 2.75) is 26.3 Å². The van der Waals surface area contributed by atoms with Crippen LogP contribution in [-0.4, -0.2) is 30.1 Å². The molecule has 4 amide bonds. The number of nitrogens with zero attached hydrogens (tertiary/aromatic N) is 1. The Morgan fingerprint density at radius 2 is 1.83 bits per heavy atom. The Hall–Kier alpha value is -2.04. The first-order chi connectivity index (χ1) is 8.54. The van der Waals surface area contributed by atoms with Crippen LogP contribution in [0.15, 0.2) is 30.3 Å². The first-order valence-electron chi connectivity index (χ1n) is 5.94.